The third-order valence-electron chi connectivity index (χ3n) is 3.45. The second kappa shape index (κ2) is 5.91. The van der Waals surface area contributed by atoms with Crippen LogP contribution in [-0.2, 0) is 6.54 Å². The second-order valence-corrected chi connectivity index (χ2v) is 4.82. The summed E-state index contributed by atoms with van der Waals surface area (Å²) >= 11 is 0. The first-order chi connectivity index (χ1) is 8.66. The number of rotatable bonds is 5. The highest BCUT2D eigenvalue weighted by atomic mass is 19.1. The predicted octanol–water partition coefficient (Wildman–Crippen LogP) is 3.01. The largest absolute Gasteiger partial charge is 0.312 e. The van der Waals surface area contributed by atoms with Crippen LogP contribution in [0.15, 0.2) is 18.2 Å². The summed E-state index contributed by atoms with van der Waals surface area (Å²) in [5.74, 6) is -0.0342. The lowest BCUT2D eigenvalue weighted by Gasteiger charge is -2.10. The molecule has 0 aromatic heterocycles. The maximum atomic E-state index is 13.4. The average Bonchev–Trinajstić information content (AvgIpc) is 2.81. The highest BCUT2D eigenvalue weighted by Crippen LogP contribution is 2.24. The van der Waals surface area contributed by atoms with Gasteiger partial charge in [0, 0.05) is 12.6 Å². The average molecular weight is 252 g/mol. The first kappa shape index (κ1) is 13.0. The van der Waals surface area contributed by atoms with Crippen LogP contribution < -0.4 is 5.32 Å². The van der Waals surface area contributed by atoms with Gasteiger partial charge in [0.1, 0.15) is 0 Å². The summed E-state index contributed by atoms with van der Waals surface area (Å²) in [5, 5.41) is 13.8. The Kier molecular flexibility index (Phi) is 4.25. The van der Waals surface area contributed by atoms with Gasteiger partial charge in [-0.1, -0.05) is 18.9 Å². The Morgan fingerprint density at radius 1 is 1.39 bits per heavy atom. The molecule has 4 nitrogen and oxygen atoms in total. The minimum absolute atomic E-state index is 0.463. The summed E-state index contributed by atoms with van der Waals surface area (Å²) in [6.45, 7) is 1.50. The molecule has 0 radical (unpaired) electrons. The normalized spacial score (nSPS) is 16.1. The molecule has 1 fully saturated rings. The van der Waals surface area contributed by atoms with Gasteiger partial charge < -0.3 is 5.32 Å². The van der Waals surface area contributed by atoms with Gasteiger partial charge in [-0.15, -0.1) is 0 Å². The number of hydrogen-bond acceptors (Lipinski definition) is 3. The number of halogens is 1. The van der Waals surface area contributed by atoms with Crippen LogP contribution in [0.3, 0.4) is 0 Å². The minimum atomic E-state index is -0.764. The van der Waals surface area contributed by atoms with Crippen molar-refractivity contribution < 1.29 is 9.31 Å². The number of nitrogens with one attached hydrogen (secondary N) is 1. The van der Waals surface area contributed by atoms with Crippen molar-refractivity contribution in [3.8, 4) is 0 Å². The van der Waals surface area contributed by atoms with Crippen molar-refractivity contribution in [3.63, 3.8) is 0 Å². The van der Waals surface area contributed by atoms with Gasteiger partial charge in [0.2, 0.25) is 5.82 Å². The highest BCUT2D eigenvalue weighted by Gasteiger charge is 2.15. The molecule has 1 aliphatic rings. The number of nitro groups is 1. The Hall–Kier alpha value is -1.49. The van der Waals surface area contributed by atoms with E-state index in [1.807, 2.05) is 0 Å². The van der Waals surface area contributed by atoms with Gasteiger partial charge in [-0.05, 0) is 36.9 Å². The molecule has 0 unspecified atom stereocenters. The first-order valence-corrected chi connectivity index (χ1v) is 6.30. The van der Waals surface area contributed by atoms with Crippen molar-refractivity contribution in [2.75, 3.05) is 6.54 Å². The zero-order valence-corrected chi connectivity index (χ0v) is 10.2. The van der Waals surface area contributed by atoms with Crippen LogP contribution in [-0.4, -0.2) is 11.5 Å². The lowest BCUT2D eigenvalue weighted by Crippen LogP contribution is -2.20. The fraction of sp³-hybridized carbons (Fsp3) is 0.538. The van der Waals surface area contributed by atoms with Crippen LogP contribution in [0.25, 0.3) is 0 Å². The van der Waals surface area contributed by atoms with E-state index in [2.05, 4.69) is 5.32 Å². The summed E-state index contributed by atoms with van der Waals surface area (Å²) in [7, 11) is 0. The summed E-state index contributed by atoms with van der Waals surface area (Å²) in [6, 6.07) is 4.06. The Morgan fingerprint density at radius 2 is 2.11 bits per heavy atom. The second-order valence-electron chi connectivity index (χ2n) is 4.82. The van der Waals surface area contributed by atoms with E-state index in [4.69, 9.17) is 0 Å². The van der Waals surface area contributed by atoms with E-state index in [0.717, 1.165) is 18.0 Å². The number of benzene rings is 1. The van der Waals surface area contributed by atoms with E-state index in [1.54, 1.807) is 6.07 Å². The lowest BCUT2D eigenvalue weighted by molar-refractivity contribution is -0.387. The van der Waals surface area contributed by atoms with E-state index in [9.17, 15) is 14.5 Å². The van der Waals surface area contributed by atoms with Crippen LogP contribution in [0, 0.1) is 21.8 Å². The van der Waals surface area contributed by atoms with Gasteiger partial charge in [0.05, 0.1) is 4.92 Å². The monoisotopic (exact) mass is 252 g/mol. The molecule has 0 heterocycles. The van der Waals surface area contributed by atoms with Crippen LogP contribution in [0.4, 0.5) is 10.1 Å². The van der Waals surface area contributed by atoms with Crippen molar-refractivity contribution in [1.29, 1.82) is 0 Å². The molecular formula is C13H17FN2O2. The molecule has 0 aliphatic heterocycles. The number of nitrogens with zero attached hydrogens (tertiary/aromatic N) is 1. The summed E-state index contributed by atoms with van der Waals surface area (Å²) in [5.41, 5.74) is 0.283. The molecule has 2 rings (SSSR count). The predicted molar refractivity (Wildman–Crippen MR) is 66.7 cm³/mol. The Morgan fingerprint density at radius 3 is 2.72 bits per heavy atom. The van der Waals surface area contributed by atoms with E-state index in [1.165, 1.54) is 37.8 Å². The smallest absolute Gasteiger partial charge is 0.304 e. The lowest BCUT2D eigenvalue weighted by atomic mass is 10.1. The van der Waals surface area contributed by atoms with Gasteiger partial charge in [-0.25, -0.2) is 0 Å². The summed E-state index contributed by atoms with van der Waals surface area (Å²) < 4.78 is 13.4. The molecule has 5 heteroatoms. The van der Waals surface area contributed by atoms with Crippen molar-refractivity contribution >= 4 is 5.69 Å². The molecule has 0 spiro atoms. The van der Waals surface area contributed by atoms with Crippen molar-refractivity contribution in [3.05, 3.63) is 39.7 Å². The van der Waals surface area contributed by atoms with E-state index >= 15 is 0 Å². The standard InChI is InChI=1S/C13H17FN2O2/c14-12-7-11(5-6-13(12)16(17)18)9-15-8-10-3-1-2-4-10/h5-7,10,15H,1-4,8-9H2. The van der Waals surface area contributed by atoms with Crippen LogP contribution in [0.2, 0.25) is 0 Å². The molecular weight excluding hydrogens is 235 g/mol. The van der Waals surface area contributed by atoms with Gasteiger partial charge in [0.25, 0.3) is 0 Å². The zero-order chi connectivity index (χ0) is 13.0. The van der Waals surface area contributed by atoms with Crippen molar-refractivity contribution in [2.24, 2.45) is 5.92 Å². The number of nitro benzene ring substituents is 1. The Bertz CT molecular complexity index is 431. The molecule has 0 atom stereocenters. The van der Waals surface area contributed by atoms with Crippen molar-refractivity contribution in [1.82, 2.24) is 5.32 Å². The SMILES string of the molecule is O=[N+]([O-])c1ccc(CNCC2CCCC2)cc1F. The maximum absolute atomic E-state index is 13.4. The molecule has 1 N–H and O–H groups in total. The van der Waals surface area contributed by atoms with Crippen LogP contribution in [0.1, 0.15) is 31.2 Å². The fourth-order valence-corrected chi connectivity index (χ4v) is 2.44. The summed E-state index contributed by atoms with van der Waals surface area (Å²) in [4.78, 5) is 9.77. The molecule has 0 saturated heterocycles. The molecule has 98 valence electrons. The number of hydrogen-bond donors (Lipinski definition) is 1. The van der Waals surface area contributed by atoms with Crippen LogP contribution in [0.5, 0.6) is 0 Å². The third kappa shape index (κ3) is 3.26. The molecule has 1 saturated carbocycles. The highest BCUT2D eigenvalue weighted by molar-refractivity contribution is 5.34. The maximum Gasteiger partial charge on any atom is 0.304 e. The van der Waals surface area contributed by atoms with Crippen LogP contribution >= 0.6 is 0 Å². The molecule has 0 amide bonds. The van der Waals surface area contributed by atoms with E-state index in [0.29, 0.717) is 6.54 Å². The Balaban J connectivity index is 1.85. The molecule has 1 aromatic rings. The minimum Gasteiger partial charge on any atom is -0.312 e. The quantitative estimate of drug-likeness (QED) is 0.647. The zero-order valence-electron chi connectivity index (χ0n) is 10.2. The van der Waals surface area contributed by atoms with Gasteiger partial charge in [-0.3, -0.25) is 10.1 Å². The molecule has 1 aliphatic carbocycles. The van der Waals surface area contributed by atoms with Crippen molar-refractivity contribution in [2.45, 2.75) is 32.2 Å². The topological polar surface area (TPSA) is 55.2 Å². The van der Waals surface area contributed by atoms with E-state index < -0.39 is 16.4 Å². The fourth-order valence-electron chi connectivity index (χ4n) is 2.44. The molecule has 0 bridgehead atoms. The van der Waals surface area contributed by atoms with Gasteiger partial charge in [0.15, 0.2) is 0 Å². The Labute approximate surface area is 105 Å². The van der Waals surface area contributed by atoms with E-state index in [-0.39, 0.29) is 0 Å². The molecule has 1 aromatic carbocycles. The van der Waals surface area contributed by atoms with Gasteiger partial charge in [-0.2, -0.15) is 4.39 Å². The van der Waals surface area contributed by atoms with Gasteiger partial charge >= 0.3 is 5.69 Å². The third-order valence-corrected chi connectivity index (χ3v) is 3.45. The first-order valence-electron chi connectivity index (χ1n) is 6.30. The summed E-state index contributed by atoms with van der Waals surface area (Å²) in [6.07, 6.45) is 5.14. The molecule has 18 heavy (non-hydrogen) atoms.